The molecule has 0 rings (SSSR count). The van der Waals surface area contributed by atoms with E-state index in [0.29, 0.717) is 13.1 Å². The SMILES string of the molecule is NCCNC(=O)C[O]. The highest BCUT2D eigenvalue weighted by atomic mass is 16.3. The first-order valence-corrected chi connectivity index (χ1v) is 2.36. The fourth-order valence-corrected chi connectivity index (χ4v) is 0.263. The van der Waals surface area contributed by atoms with E-state index >= 15 is 0 Å². The first kappa shape index (κ1) is 7.39. The van der Waals surface area contributed by atoms with Crippen LogP contribution in [0.3, 0.4) is 0 Å². The molecule has 0 saturated carbocycles. The number of carbonyl (C=O) groups excluding carboxylic acids is 1. The Morgan fingerprint density at radius 1 is 1.62 bits per heavy atom. The highest BCUT2D eigenvalue weighted by Crippen LogP contribution is 1.59. The van der Waals surface area contributed by atoms with E-state index in [9.17, 15) is 9.90 Å². The lowest BCUT2D eigenvalue weighted by Crippen LogP contribution is -2.30. The standard InChI is InChI=1S/C4H9N2O2/c5-1-2-6-4(8)3-7/h1-3,5H2,(H,6,8). The van der Waals surface area contributed by atoms with Crippen LogP contribution in [-0.2, 0) is 9.90 Å². The predicted molar refractivity (Wildman–Crippen MR) is 27.6 cm³/mol. The van der Waals surface area contributed by atoms with Crippen molar-refractivity contribution < 1.29 is 9.90 Å². The van der Waals surface area contributed by atoms with Crippen molar-refractivity contribution in [2.75, 3.05) is 19.7 Å². The second-order valence-electron chi connectivity index (χ2n) is 1.28. The molecule has 0 aromatic heterocycles. The Labute approximate surface area is 47.7 Å². The van der Waals surface area contributed by atoms with Gasteiger partial charge >= 0.3 is 0 Å². The van der Waals surface area contributed by atoms with Crippen LogP contribution in [-0.4, -0.2) is 25.6 Å². The van der Waals surface area contributed by atoms with Gasteiger partial charge in [-0.05, 0) is 0 Å². The third-order valence-electron chi connectivity index (χ3n) is 0.598. The van der Waals surface area contributed by atoms with Gasteiger partial charge in [0.25, 0.3) is 0 Å². The molecule has 0 heterocycles. The minimum absolute atomic E-state index is 0.381. The van der Waals surface area contributed by atoms with Gasteiger partial charge in [0, 0.05) is 13.1 Å². The van der Waals surface area contributed by atoms with Crippen LogP contribution in [0.1, 0.15) is 0 Å². The Kier molecular flexibility index (Phi) is 4.20. The van der Waals surface area contributed by atoms with Crippen molar-refractivity contribution in [2.45, 2.75) is 0 Å². The molecule has 0 aromatic rings. The summed E-state index contributed by atoms with van der Waals surface area (Å²) in [6, 6.07) is 0. The molecule has 3 N–H and O–H groups in total. The van der Waals surface area contributed by atoms with Crippen molar-refractivity contribution in [1.29, 1.82) is 0 Å². The van der Waals surface area contributed by atoms with Crippen LogP contribution < -0.4 is 11.1 Å². The van der Waals surface area contributed by atoms with Gasteiger partial charge in [0.15, 0.2) is 6.61 Å². The lowest BCUT2D eigenvalue weighted by atomic mass is 10.6. The van der Waals surface area contributed by atoms with E-state index < -0.39 is 12.5 Å². The third-order valence-corrected chi connectivity index (χ3v) is 0.598. The molecule has 0 saturated heterocycles. The van der Waals surface area contributed by atoms with E-state index in [4.69, 9.17) is 5.73 Å². The molecule has 4 nitrogen and oxygen atoms in total. The van der Waals surface area contributed by atoms with E-state index in [1.165, 1.54) is 0 Å². The summed E-state index contributed by atoms with van der Waals surface area (Å²) >= 11 is 0. The van der Waals surface area contributed by atoms with Crippen LogP contribution in [0.15, 0.2) is 0 Å². The number of carbonyl (C=O) groups is 1. The van der Waals surface area contributed by atoms with Gasteiger partial charge in [0.1, 0.15) is 0 Å². The number of rotatable bonds is 3. The Hall–Kier alpha value is -0.610. The quantitative estimate of drug-likeness (QED) is 0.471. The number of nitrogens with one attached hydrogen (secondary N) is 1. The van der Waals surface area contributed by atoms with Crippen molar-refractivity contribution in [3.8, 4) is 0 Å². The van der Waals surface area contributed by atoms with Gasteiger partial charge in [-0.15, -0.1) is 0 Å². The van der Waals surface area contributed by atoms with Crippen LogP contribution in [0.25, 0.3) is 0 Å². The van der Waals surface area contributed by atoms with Crippen LogP contribution >= 0.6 is 0 Å². The average molecular weight is 117 g/mol. The molecule has 0 unspecified atom stereocenters. The molecule has 0 aliphatic rings. The maximum Gasteiger partial charge on any atom is 0.249 e. The molecule has 0 aromatic carbocycles. The van der Waals surface area contributed by atoms with Crippen LogP contribution in [0.4, 0.5) is 0 Å². The summed E-state index contributed by atoms with van der Waals surface area (Å²) in [5.74, 6) is -0.490. The largest absolute Gasteiger partial charge is 0.353 e. The van der Waals surface area contributed by atoms with Crippen molar-refractivity contribution in [3.63, 3.8) is 0 Å². The van der Waals surface area contributed by atoms with Gasteiger partial charge < -0.3 is 11.1 Å². The molecule has 4 heteroatoms. The van der Waals surface area contributed by atoms with E-state index in [2.05, 4.69) is 5.32 Å². The van der Waals surface area contributed by atoms with Gasteiger partial charge in [-0.2, -0.15) is 0 Å². The monoisotopic (exact) mass is 117 g/mol. The summed E-state index contributed by atoms with van der Waals surface area (Å²) in [4.78, 5) is 10.1. The van der Waals surface area contributed by atoms with Gasteiger partial charge in [-0.3, -0.25) is 4.79 Å². The second-order valence-corrected chi connectivity index (χ2v) is 1.28. The van der Waals surface area contributed by atoms with Gasteiger partial charge in [0.05, 0.1) is 0 Å². The van der Waals surface area contributed by atoms with Gasteiger partial charge in [-0.25, -0.2) is 5.11 Å². The second kappa shape index (κ2) is 4.55. The Balaban J connectivity index is 2.99. The summed E-state index contributed by atoms with van der Waals surface area (Å²) in [5.41, 5.74) is 5.01. The number of hydrogen-bond acceptors (Lipinski definition) is 2. The predicted octanol–water partition coefficient (Wildman–Crippen LogP) is -1.51. The molecule has 8 heavy (non-hydrogen) atoms. The molecule has 1 radical (unpaired) electrons. The summed E-state index contributed by atoms with van der Waals surface area (Å²) < 4.78 is 0. The highest BCUT2D eigenvalue weighted by Gasteiger charge is 1.93. The fraction of sp³-hybridized carbons (Fsp3) is 0.750. The molecule has 0 atom stereocenters. The fourth-order valence-electron chi connectivity index (χ4n) is 0.263. The zero-order valence-corrected chi connectivity index (χ0v) is 4.52. The summed E-state index contributed by atoms with van der Waals surface area (Å²) in [6.45, 7) is 0.0623. The Bertz CT molecular complexity index is 74.4. The lowest BCUT2D eigenvalue weighted by molar-refractivity contribution is -0.125. The number of nitrogens with two attached hydrogens (primary N) is 1. The summed E-state index contributed by atoms with van der Waals surface area (Å²) in [5, 5.41) is 12.0. The van der Waals surface area contributed by atoms with Crippen molar-refractivity contribution in [2.24, 2.45) is 5.73 Å². The third kappa shape index (κ3) is 3.58. The van der Waals surface area contributed by atoms with Crippen molar-refractivity contribution >= 4 is 5.91 Å². The molecule has 0 bridgehead atoms. The minimum atomic E-state index is -0.708. The first-order chi connectivity index (χ1) is 3.81. The molecular formula is C4H9N2O2. The zero-order chi connectivity index (χ0) is 6.41. The average Bonchev–Trinajstić information content (AvgIpc) is 1.83. The molecule has 47 valence electrons. The van der Waals surface area contributed by atoms with Crippen LogP contribution in [0.2, 0.25) is 0 Å². The topological polar surface area (TPSA) is 75.0 Å². The zero-order valence-electron chi connectivity index (χ0n) is 4.52. The molecule has 0 spiro atoms. The van der Waals surface area contributed by atoms with Crippen molar-refractivity contribution in [3.05, 3.63) is 0 Å². The molecule has 0 aliphatic carbocycles. The lowest BCUT2D eigenvalue weighted by Gasteiger charge is -1.95. The molecule has 0 fully saturated rings. The molecule has 1 amide bonds. The summed E-state index contributed by atoms with van der Waals surface area (Å²) in [7, 11) is 0. The molecular weight excluding hydrogens is 108 g/mol. The summed E-state index contributed by atoms with van der Waals surface area (Å²) in [6.07, 6.45) is 0. The maximum atomic E-state index is 10.1. The maximum absolute atomic E-state index is 10.1. The van der Waals surface area contributed by atoms with E-state index in [1.807, 2.05) is 0 Å². The Morgan fingerprint density at radius 2 is 2.25 bits per heavy atom. The van der Waals surface area contributed by atoms with Gasteiger partial charge in [-0.1, -0.05) is 0 Å². The first-order valence-electron chi connectivity index (χ1n) is 2.36. The van der Waals surface area contributed by atoms with E-state index in [-0.39, 0.29) is 0 Å². The van der Waals surface area contributed by atoms with Crippen LogP contribution in [0.5, 0.6) is 0 Å². The van der Waals surface area contributed by atoms with Gasteiger partial charge in [0.2, 0.25) is 5.91 Å². The van der Waals surface area contributed by atoms with Crippen LogP contribution in [0, 0.1) is 0 Å². The normalized spacial score (nSPS) is 8.75. The Morgan fingerprint density at radius 3 is 2.62 bits per heavy atom. The smallest absolute Gasteiger partial charge is 0.249 e. The molecule has 0 aliphatic heterocycles. The number of hydrogen-bond donors (Lipinski definition) is 2. The number of amides is 1. The minimum Gasteiger partial charge on any atom is -0.353 e. The van der Waals surface area contributed by atoms with E-state index in [1.54, 1.807) is 0 Å². The van der Waals surface area contributed by atoms with Crippen molar-refractivity contribution in [1.82, 2.24) is 5.32 Å². The highest BCUT2D eigenvalue weighted by molar-refractivity contribution is 5.76. The van der Waals surface area contributed by atoms with E-state index in [0.717, 1.165) is 0 Å².